The number of benzene rings is 2. The van der Waals surface area contributed by atoms with Crippen LogP contribution in [-0.2, 0) is 27.3 Å². The molecule has 0 spiro atoms. The van der Waals surface area contributed by atoms with Gasteiger partial charge < -0.3 is 15.3 Å². The second-order valence-corrected chi connectivity index (χ2v) is 7.82. The standard InChI is InChI=1S/C23H21N3O6/c27-19-8-7-18(22(31)25-19)26-12-15-11-14(5-6-17(15)23(26)32)21(30)24-16-3-1-2-13(10-16)4-9-20(28)29/h1-3,5-6,10-11,18H,4,7-9,12H2,(H,24,30)(H,28,29)(H,25,27,31). The topological polar surface area (TPSA) is 133 Å². The Morgan fingerprint density at radius 1 is 1.12 bits per heavy atom. The maximum absolute atomic E-state index is 12.8. The fourth-order valence-corrected chi connectivity index (χ4v) is 3.97. The van der Waals surface area contributed by atoms with Crippen molar-refractivity contribution in [1.82, 2.24) is 10.2 Å². The molecule has 1 atom stereocenters. The number of aryl methyl sites for hydroxylation is 1. The first-order valence-corrected chi connectivity index (χ1v) is 10.2. The van der Waals surface area contributed by atoms with Crippen molar-refractivity contribution < 1.29 is 29.1 Å². The number of fused-ring (bicyclic) bond motifs is 1. The molecule has 0 bridgehead atoms. The van der Waals surface area contributed by atoms with Gasteiger partial charge in [0.15, 0.2) is 0 Å². The Morgan fingerprint density at radius 2 is 1.94 bits per heavy atom. The van der Waals surface area contributed by atoms with Gasteiger partial charge in [0.05, 0.1) is 0 Å². The van der Waals surface area contributed by atoms with Gasteiger partial charge in [-0.2, -0.15) is 0 Å². The van der Waals surface area contributed by atoms with Gasteiger partial charge in [-0.1, -0.05) is 12.1 Å². The number of anilines is 1. The first kappa shape index (κ1) is 21.2. The predicted molar refractivity (Wildman–Crippen MR) is 113 cm³/mol. The summed E-state index contributed by atoms with van der Waals surface area (Å²) >= 11 is 0. The first-order chi connectivity index (χ1) is 15.3. The molecule has 164 valence electrons. The highest BCUT2D eigenvalue weighted by molar-refractivity contribution is 6.08. The van der Waals surface area contributed by atoms with Crippen LogP contribution in [-0.4, -0.2) is 45.6 Å². The van der Waals surface area contributed by atoms with Crippen LogP contribution < -0.4 is 10.6 Å². The van der Waals surface area contributed by atoms with Crippen molar-refractivity contribution in [2.45, 2.75) is 38.3 Å². The lowest BCUT2D eigenvalue weighted by molar-refractivity contribution is -0.138. The minimum atomic E-state index is -0.890. The highest BCUT2D eigenvalue weighted by Crippen LogP contribution is 2.28. The molecular weight excluding hydrogens is 414 g/mol. The Morgan fingerprint density at radius 3 is 2.69 bits per heavy atom. The molecule has 0 saturated carbocycles. The number of hydrogen-bond donors (Lipinski definition) is 3. The predicted octanol–water partition coefficient (Wildman–Crippen LogP) is 1.72. The number of nitrogens with zero attached hydrogens (tertiary/aromatic N) is 1. The summed E-state index contributed by atoms with van der Waals surface area (Å²) in [7, 11) is 0. The van der Waals surface area contributed by atoms with E-state index in [9.17, 15) is 24.0 Å². The second kappa shape index (κ2) is 8.62. The molecule has 2 aliphatic rings. The van der Waals surface area contributed by atoms with Crippen molar-refractivity contribution >= 4 is 35.3 Å². The van der Waals surface area contributed by atoms with Gasteiger partial charge in [0.1, 0.15) is 6.04 Å². The maximum Gasteiger partial charge on any atom is 0.303 e. The number of piperidine rings is 1. The Labute approximate surface area is 183 Å². The number of amides is 4. The fraction of sp³-hybridized carbons (Fsp3) is 0.261. The number of aliphatic carboxylic acids is 1. The largest absolute Gasteiger partial charge is 0.481 e. The number of carboxylic acid groups (broad SMARTS) is 1. The molecular formula is C23H21N3O6. The van der Waals surface area contributed by atoms with Crippen LogP contribution in [0.3, 0.4) is 0 Å². The van der Waals surface area contributed by atoms with Crippen LogP contribution in [0.1, 0.15) is 51.1 Å². The summed E-state index contributed by atoms with van der Waals surface area (Å²) in [6.07, 6.45) is 0.807. The van der Waals surface area contributed by atoms with Crippen LogP contribution in [0.5, 0.6) is 0 Å². The third-order valence-corrected chi connectivity index (χ3v) is 5.60. The summed E-state index contributed by atoms with van der Waals surface area (Å²) in [5.74, 6) is -2.38. The van der Waals surface area contributed by atoms with E-state index in [0.29, 0.717) is 28.8 Å². The van der Waals surface area contributed by atoms with Crippen molar-refractivity contribution in [3.63, 3.8) is 0 Å². The van der Waals surface area contributed by atoms with Crippen LogP contribution in [0.2, 0.25) is 0 Å². The van der Waals surface area contributed by atoms with Crippen molar-refractivity contribution in [2.75, 3.05) is 5.32 Å². The molecule has 0 aliphatic carbocycles. The Hall–Kier alpha value is -4.01. The Bertz CT molecular complexity index is 1140. The number of carboxylic acids is 1. The number of rotatable bonds is 6. The van der Waals surface area contributed by atoms with Gasteiger partial charge in [-0.05, 0) is 54.3 Å². The number of nitrogens with one attached hydrogen (secondary N) is 2. The number of carbonyl (C=O) groups is 5. The van der Waals surface area contributed by atoms with Gasteiger partial charge in [0, 0.05) is 36.2 Å². The van der Waals surface area contributed by atoms with Gasteiger partial charge in [0.25, 0.3) is 11.8 Å². The van der Waals surface area contributed by atoms with E-state index in [0.717, 1.165) is 5.56 Å². The number of carbonyl (C=O) groups excluding carboxylic acids is 4. The number of hydrogen-bond acceptors (Lipinski definition) is 5. The average Bonchev–Trinajstić information content (AvgIpc) is 3.08. The normalized spacial score (nSPS) is 17.7. The second-order valence-electron chi connectivity index (χ2n) is 7.82. The van der Waals surface area contributed by atoms with E-state index in [1.54, 1.807) is 42.5 Å². The monoisotopic (exact) mass is 435 g/mol. The minimum absolute atomic E-state index is 0.0000716. The molecule has 32 heavy (non-hydrogen) atoms. The van der Waals surface area contributed by atoms with Crippen LogP contribution in [0, 0.1) is 0 Å². The molecule has 2 aliphatic heterocycles. The zero-order chi connectivity index (χ0) is 22.8. The molecule has 0 radical (unpaired) electrons. The van der Waals surface area contributed by atoms with E-state index in [1.165, 1.54) is 4.90 Å². The van der Waals surface area contributed by atoms with Crippen molar-refractivity contribution in [3.8, 4) is 0 Å². The third kappa shape index (κ3) is 4.36. The summed E-state index contributed by atoms with van der Waals surface area (Å²) in [5, 5.41) is 13.9. The maximum atomic E-state index is 12.8. The summed E-state index contributed by atoms with van der Waals surface area (Å²) in [6, 6.07) is 11.0. The molecule has 1 unspecified atom stereocenters. The molecule has 4 amide bonds. The fourth-order valence-electron chi connectivity index (χ4n) is 3.97. The van der Waals surface area contributed by atoms with E-state index in [2.05, 4.69) is 10.6 Å². The lowest BCUT2D eigenvalue weighted by atomic mass is 10.0. The molecule has 4 rings (SSSR count). The molecule has 2 aromatic carbocycles. The van der Waals surface area contributed by atoms with E-state index >= 15 is 0 Å². The van der Waals surface area contributed by atoms with E-state index in [-0.39, 0.29) is 43.5 Å². The van der Waals surface area contributed by atoms with Crippen molar-refractivity contribution in [3.05, 3.63) is 64.7 Å². The van der Waals surface area contributed by atoms with Gasteiger partial charge in [-0.15, -0.1) is 0 Å². The van der Waals surface area contributed by atoms with E-state index < -0.39 is 17.9 Å². The molecule has 1 saturated heterocycles. The van der Waals surface area contributed by atoms with Gasteiger partial charge >= 0.3 is 5.97 Å². The summed E-state index contributed by atoms with van der Waals surface area (Å²) in [6.45, 7) is 0.187. The molecule has 2 heterocycles. The van der Waals surface area contributed by atoms with E-state index in [4.69, 9.17) is 5.11 Å². The van der Waals surface area contributed by atoms with Gasteiger partial charge in [-0.25, -0.2) is 0 Å². The highest BCUT2D eigenvalue weighted by atomic mass is 16.4. The molecule has 0 aromatic heterocycles. The van der Waals surface area contributed by atoms with Crippen molar-refractivity contribution in [1.29, 1.82) is 0 Å². The van der Waals surface area contributed by atoms with Crippen LogP contribution >= 0.6 is 0 Å². The van der Waals surface area contributed by atoms with Crippen LogP contribution in [0.15, 0.2) is 42.5 Å². The smallest absolute Gasteiger partial charge is 0.303 e. The molecule has 9 nitrogen and oxygen atoms in total. The zero-order valence-electron chi connectivity index (χ0n) is 17.1. The number of imide groups is 1. The molecule has 3 N–H and O–H groups in total. The minimum Gasteiger partial charge on any atom is -0.481 e. The quantitative estimate of drug-likeness (QED) is 0.592. The van der Waals surface area contributed by atoms with Crippen molar-refractivity contribution in [2.24, 2.45) is 0 Å². The summed E-state index contributed by atoms with van der Waals surface area (Å²) in [4.78, 5) is 61.2. The van der Waals surface area contributed by atoms with E-state index in [1.807, 2.05) is 0 Å². The van der Waals surface area contributed by atoms with Gasteiger partial charge in [-0.3, -0.25) is 29.3 Å². The molecule has 9 heteroatoms. The molecule has 1 fully saturated rings. The lowest BCUT2D eigenvalue weighted by Gasteiger charge is -2.29. The zero-order valence-corrected chi connectivity index (χ0v) is 17.1. The SMILES string of the molecule is O=C(O)CCc1cccc(NC(=O)c2ccc3c(c2)CN(C2CCC(=O)NC2=O)C3=O)c1. The Balaban J connectivity index is 1.46. The summed E-state index contributed by atoms with van der Waals surface area (Å²) < 4.78 is 0. The Kier molecular flexibility index (Phi) is 5.72. The lowest BCUT2D eigenvalue weighted by Crippen LogP contribution is -2.52. The van der Waals surface area contributed by atoms with Gasteiger partial charge in [0.2, 0.25) is 11.8 Å². The highest BCUT2D eigenvalue weighted by Gasteiger charge is 2.39. The van der Waals surface area contributed by atoms with Crippen LogP contribution in [0.25, 0.3) is 0 Å². The summed E-state index contributed by atoms with van der Waals surface area (Å²) in [5.41, 5.74) is 2.77. The average molecular weight is 435 g/mol. The third-order valence-electron chi connectivity index (χ3n) is 5.60. The first-order valence-electron chi connectivity index (χ1n) is 10.2. The molecule has 2 aromatic rings. The van der Waals surface area contributed by atoms with Crippen LogP contribution in [0.4, 0.5) is 5.69 Å².